The van der Waals surface area contributed by atoms with Gasteiger partial charge in [0.05, 0.1) is 12.9 Å². The van der Waals surface area contributed by atoms with Crippen molar-refractivity contribution >= 4 is 38.9 Å². The molecule has 36 heavy (non-hydrogen) atoms. The summed E-state index contributed by atoms with van der Waals surface area (Å²) in [7, 11) is 0. The zero-order valence-electron chi connectivity index (χ0n) is 20.4. The van der Waals surface area contributed by atoms with Gasteiger partial charge in [0.1, 0.15) is 17.1 Å². The van der Waals surface area contributed by atoms with Crippen LogP contribution >= 0.6 is 0 Å². The van der Waals surface area contributed by atoms with Crippen LogP contribution in [0.4, 0.5) is 10.1 Å². The van der Waals surface area contributed by atoms with Crippen molar-refractivity contribution in [3.8, 4) is 16.9 Å². The van der Waals surface area contributed by atoms with Crippen LogP contribution in [0, 0.1) is 12.7 Å². The predicted octanol–water partition coefficient (Wildman–Crippen LogP) is 8.14. The fourth-order valence-corrected chi connectivity index (χ4v) is 4.43. The molecule has 0 bridgehead atoms. The Morgan fingerprint density at radius 1 is 1.00 bits per heavy atom. The Hall–Kier alpha value is -4.38. The molecule has 0 radical (unpaired) electrons. The Balaban J connectivity index is 1.56. The number of fused-ring (bicyclic) bond motifs is 2. The number of amides is 1. The molecule has 1 N–H and O–H groups in total. The van der Waals surface area contributed by atoms with Gasteiger partial charge in [0.2, 0.25) is 5.91 Å². The predicted molar refractivity (Wildman–Crippen MR) is 144 cm³/mol. The standard InChI is InChI=1S/C31H26FNO3/c1-4-35-29-17-30-26(27(18-36-30)24-11-7-9-21-8-5-6-10-23(21)24)16-25(29)20(3)14-31(34)33-22-13-12-19(2)28(32)15-22/h5-18H,4H2,1-3H3,(H,33,34)/b20-14+. The number of nitrogens with one attached hydrogen (secondary N) is 1. The Morgan fingerprint density at radius 2 is 1.81 bits per heavy atom. The second-order valence-corrected chi connectivity index (χ2v) is 8.73. The number of allylic oxidation sites excluding steroid dienone is 1. The maximum atomic E-state index is 13.9. The van der Waals surface area contributed by atoms with Crippen molar-refractivity contribution in [2.75, 3.05) is 11.9 Å². The number of carbonyl (C=O) groups excluding carboxylic acids is 1. The van der Waals surface area contributed by atoms with Gasteiger partial charge in [0, 0.05) is 34.3 Å². The first-order valence-electron chi connectivity index (χ1n) is 11.9. The van der Waals surface area contributed by atoms with E-state index in [1.54, 1.807) is 25.3 Å². The van der Waals surface area contributed by atoms with Crippen LogP contribution in [0.15, 0.2) is 89.6 Å². The van der Waals surface area contributed by atoms with Gasteiger partial charge in [0.15, 0.2) is 0 Å². The molecule has 180 valence electrons. The number of aryl methyl sites for hydroxylation is 1. The second-order valence-electron chi connectivity index (χ2n) is 8.73. The molecule has 0 saturated carbocycles. The maximum Gasteiger partial charge on any atom is 0.248 e. The summed E-state index contributed by atoms with van der Waals surface area (Å²) < 4.78 is 25.7. The molecule has 0 aliphatic heterocycles. The number of halogens is 1. The lowest BCUT2D eigenvalue weighted by Gasteiger charge is -2.12. The minimum absolute atomic E-state index is 0.347. The van der Waals surface area contributed by atoms with Crippen LogP contribution in [0.3, 0.4) is 0 Å². The molecular formula is C31H26FNO3. The van der Waals surface area contributed by atoms with E-state index in [0.29, 0.717) is 29.2 Å². The third-order valence-corrected chi connectivity index (χ3v) is 6.27. The monoisotopic (exact) mass is 479 g/mol. The molecule has 5 aromatic rings. The number of benzene rings is 4. The summed E-state index contributed by atoms with van der Waals surface area (Å²) in [5, 5.41) is 5.95. The van der Waals surface area contributed by atoms with E-state index in [1.165, 1.54) is 12.1 Å². The molecule has 0 unspecified atom stereocenters. The van der Waals surface area contributed by atoms with Crippen LogP contribution in [0.2, 0.25) is 0 Å². The van der Waals surface area contributed by atoms with E-state index in [2.05, 4.69) is 29.6 Å². The van der Waals surface area contributed by atoms with Crippen molar-refractivity contribution in [1.29, 1.82) is 0 Å². The lowest BCUT2D eigenvalue weighted by molar-refractivity contribution is -0.111. The van der Waals surface area contributed by atoms with E-state index in [0.717, 1.165) is 38.4 Å². The molecule has 1 amide bonds. The van der Waals surface area contributed by atoms with Gasteiger partial charge in [-0.1, -0.05) is 48.5 Å². The number of hydrogen-bond donors (Lipinski definition) is 1. The topological polar surface area (TPSA) is 51.5 Å². The van der Waals surface area contributed by atoms with E-state index >= 15 is 0 Å². The highest BCUT2D eigenvalue weighted by atomic mass is 19.1. The van der Waals surface area contributed by atoms with Crippen LogP contribution in [0.5, 0.6) is 5.75 Å². The zero-order valence-corrected chi connectivity index (χ0v) is 20.4. The average molecular weight is 480 g/mol. The second kappa shape index (κ2) is 9.70. The van der Waals surface area contributed by atoms with Crippen molar-refractivity contribution in [3.05, 3.63) is 102 Å². The van der Waals surface area contributed by atoms with E-state index < -0.39 is 0 Å². The summed E-state index contributed by atoms with van der Waals surface area (Å²) in [6, 6.07) is 23.0. The van der Waals surface area contributed by atoms with Gasteiger partial charge < -0.3 is 14.5 Å². The van der Waals surface area contributed by atoms with Crippen LogP contribution in [0.25, 0.3) is 38.4 Å². The molecule has 4 aromatic carbocycles. The van der Waals surface area contributed by atoms with Crippen molar-refractivity contribution in [3.63, 3.8) is 0 Å². The zero-order chi connectivity index (χ0) is 25.2. The lowest BCUT2D eigenvalue weighted by atomic mass is 9.96. The molecule has 4 nitrogen and oxygen atoms in total. The minimum Gasteiger partial charge on any atom is -0.493 e. The van der Waals surface area contributed by atoms with Crippen molar-refractivity contribution in [2.24, 2.45) is 0 Å². The van der Waals surface area contributed by atoms with Crippen molar-refractivity contribution < 1.29 is 18.3 Å². The molecule has 0 aliphatic carbocycles. The number of carbonyl (C=O) groups is 1. The minimum atomic E-state index is -0.362. The maximum absolute atomic E-state index is 13.9. The summed E-state index contributed by atoms with van der Waals surface area (Å²) in [5.74, 6) is -0.0787. The number of hydrogen-bond acceptors (Lipinski definition) is 3. The smallest absolute Gasteiger partial charge is 0.248 e. The average Bonchev–Trinajstić information content (AvgIpc) is 3.28. The molecule has 0 fully saturated rings. The van der Waals surface area contributed by atoms with Gasteiger partial charge in [-0.15, -0.1) is 0 Å². The van der Waals surface area contributed by atoms with E-state index in [9.17, 15) is 9.18 Å². The van der Waals surface area contributed by atoms with Crippen LogP contribution < -0.4 is 10.1 Å². The Kier molecular flexibility index (Phi) is 6.30. The van der Waals surface area contributed by atoms with Crippen LogP contribution in [-0.2, 0) is 4.79 Å². The Bertz CT molecular complexity index is 1630. The molecule has 0 atom stereocenters. The van der Waals surface area contributed by atoms with E-state index in [-0.39, 0.29) is 11.7 Å². The summed E-state index contributed by atoms with van der Waals surface area (Å²) in [5.41, 5.74) is 5.18. The van der Waals surface area contributed by atoms with Gasteiger partial charge in [-0.05, 0) is 66.4 Å². The third-order valence-electron chi connectivity index (χ3n) is 6.27. The highest BCUT2D eigenvalue weighted by molar-refractivity contribution is 6.07. The quantitative estimate of drug-likeness (QED) is 0.250. The summed E-state index contributed by atoms with van der Waals surface area (Å²) >= 11 is 0. The third kappa shape index (κ3) is 4.48. The molecule has 1 aromatic heterocycles. The van der Waals surface area contributed by atoms with Crippen LogP contribution in [0.1, 0.15) is 25.0 Å². The number of ether oxygens (including phenoxy) is 1. The van der Waals surface area contributed by atoms with Crippen LogP contribution in [-0.4, -0.2) is 12.5 Å². The van der Waals surface area contributed by atoms with Gasteiger partial charge in [-0.3, -0.25) is 4.79 Å². The largest absolute Gasteiger partial charge is 0.493 e. The first-order valence-corrected chi connectivity index (χ1v) is 11.9. The first kappa shape index (κ1) is 23.4. The molecule has 1 heterocycles. The fraction of sp³-hybridized carbons (Fsp3) is 0.129. The normalized spacial score (nSPS) is 11.7. The highest BCUT2D eigenvalue weighted by Gasteiger charge is 2.16. The SMILES string of the molecule is CCOc1cc2occ(-c3cccc4ccccc34)c2cc1/C(C)=C/C(=O)Nc1ccc(C)c(F)c1. The lowest BCUT2D eigenvalue weighted by Crippen LogP contribution is -2.09. The fourth-order valence-electron chi connectivity index (χ4n) is 4.43. The first-order chi connectivity index (χ1) is 17.4. The Labute approximate surface area is 209 Å². The Morgan fingerprint density at radius 3 is 2.61 bits per heavy atom. The van der Waals surface area contributed by atoms with E-state index in [4.69, 9.17) is 9.15 Å². The number of anilines is 1. The molecule has 0 aliphatic rings. The summed E-state index contributed by atoms with van der Waals surface area (Å²) in [6.45, 7) is 5.92. The molecule has 5 heteroatoms. The molecule has 0 saturated heterocycles. The summed E-state index contributed by atoms with van der Waals surface area (Å²) in [6.07, 6.45) is 3.27. The summed E-state index contributed by atoms with van der Waals surface area (Å²) in [4.78, 5) is 12.7. The van der Waals surface area contributed by atoms with Gasteiger partial charge in [-0.2, -0.15) is 0 Å². The number of rotatable bonds is 6. The highest BCUT2D eigenvalue weighted by Crippen LogP contribution is 2.39. The van der Waals surface area contributed by atoms with E-state index in [1.807, 2.05) is 44.2 Å². The number of furan rings is 1. The molecular weight excluding hydrogens is 453 g/mol. The molecule has 0 spiro atoms. The van der Waals surface area contributed by atoms with Crippen molar-refractivity contribution in [2.45, 2.75) is 20.8 Å². The van der Waals surface area contributed by atoms with Gasteiger partial charge in [-0.25, -0.2) is 4.39 Å². The van der Waals surface area contributed by atoms with Crippen molar-refractivity contribution in [1.82, 2.24) is 0 Å². The van der Waals surface area contributed by atoms with Gasteiger partial charge >= 0.3 is 0 Å². The molecule has 5 rings (SSSR count). The van der Waals surface area contributed by atoms with Gasteiger partial charge in [0.25, 0.3) is 0 Å².